The van der Waals surface area contributed by atoms with E-state index in [4.69, 9.17) is 5.11 Å². The number of sulfone groups is 1. The number of rotatable bonds is 5. The average Bonchev–Trinajstić information content (AvgIpc) is 2.27. The Morgan fingerprint density at radius 1 is 1.47 bits per heavy atom. The third-order valence-corrected chi connectivity index (χ3v) is 3.80. The van der Waals surface area contributed by atoms with E-state index in [1.165, 1.54) is 12.3 Å². The number of anilines is 1. The Kier molecular flexibility index (Phi) is 4.47. The van der Waals surface area contributed by atoms with Crippen molar-refractivity contribution in [2.45, 2.75) is 24.8 Å². The van der Waals surface area contributed by atoms with Gasteiger partial charge in [0.25, 0.3) is 0 Å². The zero-order valence-corrected chi connectivity index (χ0v) is 11.0. The van der Waals surface area contributed by atoms with E-state index in [-0.39, 0.29) is 23.5 Å². The SMILES string of the molecule is CC(CO)C(C)Nc1ncccc1S(C)(=O)=O. The van der Waals surface area contributed by atoms with Crippen LogP contribution >= 0.6 is 0 Å². The first kappa shape index (κ1) is 13.9. The van der Waals surface area contributed by atoms with Gasteiger partial charge < -0.3 is 10.4 Å². The second-order valence-electron chi connectivity index (χ2n) is 4.22. The number of aliphatic hydroxyl groups excluding tert-OH is 1. The van der Waals surface area contributed by atoms with Crippen LogP contribution in [0, 0.1) is 5.92 Å². The van der Waals surface area contributed by atoms with Gasteiger partial charge in [0, 0.05) is 25.1 Å². The lowest BCUT2D eigenvalue weighted by Gasteiger charge is -2.20. The molecule has 1 heterocycles. The summed E-state index contributed by atoms with van der Waals surface area (Å²) in [6.45, 7) is 3.79. The first-order chi connectivity index (χ1) is 7.86. The second kappa shape index (κ2) is 5.46. The quantitative estimate of drug-likeness (QED) is 0.821. The summed E-state index contributed by atoms with van der Waals surface area (Å²) in [6, 6.07) is 3.04. The van der Waals surface area contributed by atoms with Crippen molar-refractivity contribution < 1.29 is 13.5 Å². The van der Waals surface area contributed by atoms with Crippen molar-refractivity contribution in [3.8, 4) is 0 Å². The van der Waals surface area contributed by atoms with Gasteiger partial charge in [-0.2, -0.15) is 0 Å². The molecule has 1 aromatic heterocycles. The standard InChI is InChI=1S/C11H18N2O3S/c1-8(7-14)9(2)13-11-10(17(3,15)16)5-4-6-12-11/h4-6,8-9,14H,7H2,1-3H3,(H,12,13). The van der Waals surface area contributed by atoms with Crippen LogP contribution in [0.25, 0.3) is 0 Å². The summed E-state index contributed by atoms with van der Waals surface area (Å²) >= 11 is 0. The van der Waals surface area contributed by atoms with Crippen LogP contribution in [0.15, 0.2) is 23.2 Å². The summed E-state index contributed by atoms with van der Waals surface area (Å²) in [5.41, 5.74) is 0. The monoisotopic (exact) mass is 258 g/mol. The molecule has 0 saturated heterocycles. The Morgan fingerprint density at radius 3 is 2.65 bits per heavy atom. The van der Waals surface area contributed by atoms with E-state index in [0.717, 1.165) is 6.26 Å². The zero-order valence-electron chi connectivity index (χ0n) is 10.2. The Morgan fingerprint density at radius 2 is 2.12 bits per heavy atom. The Balaban J connectivity index is 3.00. The molecule has 0 spiro atoms. The summed E-state index contributed by atoms with van der Waals surface area (Å²) < 4.78 is 23.1. The molecular formula is C11H18N2O3S. The van der Waals surface area contributed by atoms with Crippen LogP contribution in [-0.2, 0) is 9.84 Å². The molecule has 0 aromatic carbocycles. The van der Waals surface area contributed by atoms with Crippen molar-refractivity contribution >= 4 is 15.7 Å². The molecule has 0 bridgehead atoms. The van der Waals surface area contributed by atoms with Crippen molar-refractivity contribution in [1.82, 2.24) is 4.98 Å². The van der Waals surface area contributed by atoms with Gasteiger partial charge >= 0.3 is 0 Å². The molecule has 2 N–H and O–H groups in total. The van der Waals surface area contributed by atoms with Crippen LogP contribution in [0.1, 0.15) is 13.8 Å². The van der Waals surface area contributed by atoms with E-state index < -0.39 is 9.84 Å². The number of pyridine rings is 1. The van der Waals surface area contributed by atoms with Crippen LogP contribution in [0.4, 0.5) is 5.82 Å². The maximum Gasteiger partial charge on any atom is 0.179 e. The molecule has 0 amide bonds. The highest BCUT2D eigenvalue weighted by molar-refractivity contribution is 7.90. The first-order valence-electron chi connectivity index (χ1n) is 5.38. The van der Waals surface area contributed by atoms with Crippen molar-refractivity contribution in [1.29, 1.82) is 0 Å². The van der Waals surface area contributed by atoms with E-state index in [1.54, 1.807) is 6.07 Å². The van der Waals surface area contributed by atoms with Gasteiger partial charge in [0.2, 0.25) is 0 Å². The largest absolute Gasteiger partial charge is 0.396 e. The van der Waals surface area contributed by atoms with Crippen molar-refractivity contribution in [3.05, 3.63) is 18.3 Å². The third kappa shape index (κ3) is 3.67. The minimum absolute atomic E-state index is 0.0180. The van der Waals surface area contributed by atoms with Crippen LogP contribution < -0.4 is 5.32 Å². The second-order valence-corrected chi connectivity index (χ2v) is 6.20. The predicted octanol–water partition coefficient (Wildman–Crippen LogP) is 0.914. The highest BCUT2D eigenvalue weighted by atomic mass is 32.2. The fraction of sp³-hybridized carbons (Fsp3) is 0.545. The van der Waals surface area contributed by atoms with Gasteiger partial charge in [0.1, 0.15) is 10.7 Å². The maximum atomic E-state index is 11.5. The van der Waals surface area contributed by atoms with Crippen LogP contribution in [0.2, 0.25) is 0 Å². The number of hydrogen-bond donors (Lipinski definition) is 2. The highest BCUT2D eigenvalue weighted by Crippen LogP contribution is 2.19. The number of hydrogen-bond acceptors (Lipinski definition) is 5. The third-order valence-electron chi connectivity index (χ3n) is 2.68. The summed E-state index contributed by atoms with van der Waals surface area (Å²) in [5, 5.41) is 12.1. The first-order valence-corrected chi connectivity index (χ1v) is 7.28. The number of nitrogens with zero attached hydrogens (tertiary/aromatic N) is 1. The molecule has 6 heteroatoms. The molecule has 1 aromatic rings. The van der Waals surface area contributed by atoms with Gasteiger partial charge in [0.05, 0.1) is 0 Å². The fourth-order valence-electron chi connectivity index (χ4n) is 1.31. The summed E-state index contributed by atoms with van der Waals surface area (Å²) in [7, 11) is -3.30. The van der Waals surface area contributed by atoms with Crippen LogP contribution in [-0.4, -0.2) is 37.4 Å². The van der Waals surface area contributed by atoms with Crippen molar-refractivity contribution in [2.24, 2.45) is 5.92 Å². The van der Waals surface area contributed by atoms with E-state index in [2.05, 4.69) is 10.3 Å². The molecule has 2 atom stereocenters. The molecule has 0 aliphatic rings. The molecule has 0 aliphatic heterocycles. The summed E-state index contributed by atoms with van der Waals surface area (Å²) in [6.07, 6.45) is 2.68. The molecule has 0 fully saturated rings. The number of aliphatic hydroxyl groups is 1. The molecule has 1 rings (SSSR count). The fourth-order valence-corrected chi connectivity index (χ4v) is 2.10. The summed E-state index contributed by atoms with van der Waals surface area (Å²) in [4.78, 5) is 4.21. The average molecular weight is 258 g/mol. The lowest BCUT2D eigenvalue weighted by Crippen LogP contribution is -2.27. The van der Waals surface area contributed by atoms with Crippen molar-refractivity contribution in [3.63, 3.8) is 0 Å². The molecule has 0 radical (unpaired) electrons. The predicted molar refractivity (Wildman–Crippen MR) is 66.7 cm³/mol. The van der Waals surface area contributed by atoms with Gasteiger partial charge in [-0.3, -0.25) is 0 Å². The minimum Gasteiger partial charge on any atom is -0.396 e. The molecule has 17 heavy (non-hydrogen) atoms. The smallest absolute Gasteiger partial charge is 0.179 e. The van der Waals surface area contributed by atoms with Gasteiger partial charge in [-0.1, -0.05) is 6.92 Å². The van der Waals surface area contributed by atoms with Crippen LogP contribution in [0.3, 0.4) is 0 Å². The van der Waals surface area contributed by atoms with E-state index in [1.807, 2.05) is 13.8 Å². The van der Waals surface area contributed by atoms with Gasteiger partial charge in [-0.15, -0.1) is 0 Å². The molecular weight excluding hydrogens is 240 g/mol. The van der Waals surface area contributed by atoms with Gasteiger partial charge in [-0.05, 0) is 25.0 Å². The topological polar surface area (TPSA) is 79.3 Å². The zero-order chi connectivity index (χ0) is 13.1. The minimum atomic E-state index is -3.30. The number of aromatic nitrogens is 1. The number of nitrogens with one attached hydrogen (secondary N) is 1. The van der Waals surface area contributed by atoms with Crippen molar-refractivity contribution in [2.75, 3.05) is 18.2 Å². The van der Waals surface area contributed by atoms with Crippen LogP contribution in [0.5, 0.6) is 0 Å². The van der Waals surface area contributed by atoms with E-state index in [9.17, 15) is 8.42 Å². The van der Waals surface area contributed by atoms with Gasteiger partial charge in [0.15, 0.2) is 9.84 Å². The Bertz CT molecular complexity index is 473. The Labute approximate surface area is 102 Å². The van der Waals surface area contributed by atoms with E-state index in [0.29, 0.717) is 5.82 Å². The molecule has 5 nitrogen and oxygen atoms in total. The molecule has 0 saturated carbocycles. The lowest BCUT2D eigenvalue weighted by atomic mass is 10.1. The Hall–Kier alpha value is -1.14. The van der Waals surface area contributed by atoms with E-state index >= 15 is 0 Å². The lowest BCUT2D eigenvalue weighted by molar-refractivity contribution is 0.226. The molecule has 2 unspecified atom stereocenters. The normalized spacial score (nSPS) is 15.3. The molecule has 0 aliphatic carbocycles. The highest BCUT2D eigenvalue weighted by Gasteiger charge is 2.17. The maximum absolute atomic E-state index is 11.5. The molecule has 96 valence electrons. The van der Waals surface area contributed by atoms with Gasteiger partial charge in [-0.25, -0.2) is 13.4 Å². The summed E-state index contributed by atoms with van der Waals surface area (Å²) in [5.74, 6) is 0.354.